The van der Waals surface area contributed by atoms with Gasteiger partial charge in [-0.15, -0.1) is 0 Å². The molecule has 3 atom stereocenters. The summed E-state index contributed by atoms with van der Waals surface area (Å²) in [7, 11) is -3.64. The Labute approximate surface area is 167 Å². The Morgan fingerprint density at radius 1 is 1.04 bits per heavy atom. The van der Waals surface area contributed by atoms with Crippen molar-refractivity contribution in [2.45, 2.75) is 38.1 Å². The maximum atomic E-state index is 13.1. The standard InChI is InChI=1S/C20H30FN3O3S/c1-15-12-16(2)14-23(13-15)20(25)17(3)22-8-10-24(11-9-22)28(26,27)19-6-4-18(21)5-7-19/h4-7,15-17H,8-14H2,1-3H3/t15-,16-,17+/m0/s1. The van der Waals surface area contributed by atoms with Crippen LogP contribution in [0, 0.1) is 17.7 Å². The molecule has 2 heterocycles. The van der Waals surface area contributed by atoms with Gasteiger partial charge < -0.3 is 4.90 Å². The smallest absolute Gasteiger partial charge is 0.243 e. The highest BCUT2D eigenvalue weighted by Gasteiger charge is 2.34. The summed E-state index contributed by atoms with van der Waals surface area (Å²) in [6.07, 6.45) is 1.15. The molecule has 2 aliphatic rings. The number of benzene rings is 1. The van der Waals surface area contributed by atoms with Crippen molar-refractivity contribution in [3.63, 3.8) is 0 Å². The summed E-state index contributed by atoms with van der Waals surface area (Å²) in [5, 5.41) is 0. The largest absolute Gasteiger partial charge is 0.341 e. The molecule has 0 spiro atoms. The zero-order valence-corrected chi connectivity index (χ0v) is 17.7. The van der Waals surface area contributed by atoms with Gasteiger partial charge in [0.1, 0.15) is 5.82 Å². The number of carbonyl (C=O) groups is 1. The Bertz CT molecular complexity index is 781. The van der Waals surface area contributed by atoms with Crippen LogP contribution in [0.3, 0.4) is 0 Å². The molecule has 2 saturated heterocycles. The van der Waals surface area contributed by atoms with E-state index in [1.54, 1.807) is 0 Å². The molecular weight excluding hydrogens is 381 g/mol. The third kappa shape index (κ3) is 4.55. The fourth-order valence-corrected chi connectivity index (χ4v) is 5.77. The van der Waals surface area contributed by atoms with Crippen molar-refractivity contribution in [2.75, 3.05) is 39.3 Å². The Morgan fingerprint density at radius 3 is 2.11 bits per heavy atom. The molecule has 0 saturated carbocycles. The lowest BCUT2D eigenvalue weighted by molar-refractivity contribution is -0.139. The maximum absolute atomic E-state index is 13.1. The third-order valence-corrected chi connectivity index (χ3v) is 7.72. The van der Waals surface area contributed by atoms with E-state index in [2.05, 4.69) is 18.7 Å². The highest BCUT2D eigenvalue weighted by Crippen LogP contribution is 2.23. The minimum absolute atomic E-state index is 0.0998. The van der Waals surface area contributed by atoms with E-state index < -0.39 is 15.8 Å². The molecule has 0 aromatic heterocycles. The summed E-state index contributed by atoms with van der Waals surface area (Å²) in [5.41, 5.74) is 0. The summed E-state index contributed by atoms with van der Waals surface area (Å²) in [4.78, 5) is 17.1. The zero-order valence-electron chi connectivity index (χ0n) is 16.8. The Kier molecular flexibility index (Phi) is 6.41. The van der Waals surface area contributed by atoms with Crippen LogP contribution in [-0.2, 0) is 14.8 Å². The average molecular weight is 412 g/mol. The molecular formula is C20H30FN3O3S. The van der Waals surface area contributed by atoms with Gasteiger partial charge in [-0.3, -0.25) is 9.69 Å². The fraction of sp³-hybridized carbons (Fsp3) is 0.650. The first kappa shape index (κ1) is 21.2. The van der Waals surface area contributed by atoms with Crippen molar-refractivity contribution >= 4 is 15.9 Å². The number of likely N-dealkylation sites (tertiary alicyclic amines) is 1. The van der Waals surface area contributed by atoms with Gasteiger partial charge in [0.2, 0.25) is 15.9 Å². The molecule has 156 valence electrons. The molecule has 0 radical (unpaired) electrons. The number of hydrogen-bond donors (Lipinski definition) is 0. The predicted molar refractivity (Wildman–Crippen MR) is 106 cm³/mol. The molecule has 6 nitrogen and oxygen atoms in total. The number of piperidine rings is 1. The van der Waals surface area contributed by atoms with Crippen LogP contribution in [-0.4, -0.2) is 73.7 Å². The summed E-state index contributed by atoms with van der Waals surface area (Å²) in [6, 6.07) is 4.65. The second kappa shape index (κ2) is 8.47. The van der Waals surface area contributed by atoms with Gasteiger partial charge in [-0.05, 0) is 49.4 Å². The monoisotopic (exact) mass is 411 g/mol. The second-order valence-corrected chi connectivity index (χ2v) is 10.2. The van der Waals surface area contributed by atoms with E-state index in [0.29, 0.717) is 38.0 Å². The van der Waals surface area contributed by atoms with Crippen LogP contribution < -0.4 is 0 Å². The van der Waals surface area contributed by atoms with Crippen molar-refractivity contribution in [2.24, 2.45) is 11.8 Å². The van der Waals surface area contributed by atoms with Crippen LogP contribution in [0.4, 0.5) is 4.39 Å². The van der Waals surface area contributed by atoms with Crippen LogP contribution in [0.5, 0.6) is 0 Å². The molecule has 2 aliphatic heterocycles. The van der Waals surface area contributed by atoms with Gasteiger partial charge in [-0.25, -0.2) is 12.8 Å². The molecule has 0 bridgehead atoms. The number of hydrogen-bond acceptors (Lipinski definition) is 4. The van der Waals surface area contributed by atoms with Crippen LogP contribution in [0.15, 0.2) is 29.2 Å². The van der Waals surface area contributed by atoms with Gasteiger partial charge in [0.25, 0.3) is 0 Å². The Balaban J connectivity index is 1.60. The van der Waals surface area contributed by atoms with Crippen molar-refractivity contribution in [3.8, 4) is 0 Å². The van der Waals surface area contributed by atoms with Gasteiger partial charge in [0, 0.05) is 39.3 Å². The maximum Gasteiger partial charge on any atom is 0.243 e. The van der Waals surface area contributed by atoms with E-state index in [4.69, 9.17) is 0 Å². The molecule has 1 aromatic carbocycles. The van der Waals surface area contributed by atoms with E-state index in [-0.39, 0.29) is 16.8 Å². The van der Waals surface area contributed by atoms with E-state index in [1.807, 2.05) is 11.8 Å². The number of nitrogens with zero attached hydrogens (tertiary/aromatic N) is 3. The van der Waals surface area contributed by atoms with Crippen LogP contribution in [0.2, 0.25) is 0 Å². The summed E-state index contributed by atoms with van der Waals surface area (Å²) >= 11 is 0. The van der Waals surface area contributed by atoms with Gasteiger partial charge in [-0.1, -0.05) is 13.8 Å². The number of piperazine rings is 1. The lowest BCUT2D eigenvalue weighted by Crippen LogP contribution is -2.56. The van der Waals surface area contributed by atoms with Crippen LogP contribution in [0.25, 0.3) is 0 Å². The molecule has 3 rings (SSSR count). The first-order valence-electron chi connectivity index (χ1n) is 9.97. The van der Waals surface area contributed by atoms with E-state index in [9.17, 15) is 17.6 Å². The van der Waals surface area contributed by atoms with Crippen molar-refractivity contribution in [3.05, 3.63) is 30.1 Å². The molecule has 2 fully saturated rings. The van der Waals surface area contributed by atoms with Gasteiger partial charge in [-0.2, -0.15) is 4.31 Å². The average Bonchev–Trinajstić information content (AvgIpc) is 2.66. The number of sulfonamides is 1. The predicted octanol–water partition coefficient (Wildman–Crippen LogP) is 2.02. The number of rotatable bonds is 4. The lowest BCUT2D eigenvalue weighted by atomic mass is 9.91. The third-order valence-electron chi connectivity index (χ3n) is 5.81. The van der Waals surface area contributed by atoms with Crippen molar-refractivity contribution in [1.29, 1.82) is 0 Å². The molecule has 0 aliphatic carbocycles. The minimum Gasteiger partial charge on any atom is -0.341 e. The minimum atomic E-state index is -3.64. The van der Waals surface area contributed by atoms with Gasteiger partial charge in [0.05, 0.1) is 10.9 Å². The first-order chi connectivity index (χ1) is 13.2. The molecule has 0 unspecified atom stereocenters. The summed E-state index contributed by atoms with van der Waals surface area (Å²) in [6.45, 7) is 9.53. The molecule has 1 aromatic rings. The second-order valence-electron chi connectivity index (χ2n) is 8.26. The summed E-state index contributed by atoms with van der Waals surface area (Å²) < 4.78 is 40.0. The highest BCUT2D eigenvalue weighted by atomic mass is 32.2. The summed E-state index contributed by atoms with van der Waals surface area (Å²) in [5.74, 6) is 0.695. The number of carbonyl (C=O) groups excluding carboxylic acids is 1. The van der Waals surface area contributed by atoms with Crippen molar-refractivity contribution < 1.29 is 17.6 Å². The molecule has 8 heteroatoms. The van der Waals surface area contributed by atoms with Crippen LogP contribution >= 0.6 is 0 Å². The SMILES string of the molecule is C[C@H]1C[C@H](C)CN(C(=O)[C@@H](C)N2CCN(S(=O)(=O)c3ccc(F)cc3)CC2)C1. The van der Waals surface area contributed by atoms with Gasteiger partial charge >= 0.3 is 0 Å². The van der Waals surface area contributed by atoms with Gasteiger partial charge in [0.15, 0.2) is 0 Å². The molecule has 0 N–H and O–H groups in total. The number of amides is 1. The molecule has 28 heavy (non-hydrogen) atoms. The quantitative estimate of drug-likeness (QED) is 0.761. The molecule has 1 amide bonds. The topological polar surface area (TPSA) is 60.9 Å². The van der Waals surface area contributed by atoms with Crippen LogP contribution in [0.1, 0.15) is 27.2 Å². The first-order valence-corrected chi connectivity index (χ1v) is 11.4. The highest BCUT2D eigenvalue weighted by molar-refractivity contribution is 7.89. The Morgan fingerprint density at radius 2 is 1.57 bits per heavy atom. The fourth-order valence-electron chi connectivity index (χ4n) is 4.35. The van der Waals surface area contributed by atoms with E-state index in [1.165, 1.54) is 16.4 Å². The van der Waals surface area contributed by atoms with E-state index in [0.717, 1.165) is 31.6 Å². The Hall–Kier alpha value is -1.51. The zero-order chi connectivity index (χ0) is 20.5. The van der Waals surface area contributed by atoms with Crippen molar-refractivity contribution in [1.82, 2.24) is 14.1 Å². The number of halogens is 1. The lowest BCUT2D eigenvalue weighted by Gasteiger charge is -2.41. The van der Waals surface area contributed by atoms with E-state index >= 15 is 0 Å². The normalized spacial score (nSPS) is 26.2.